The Morgan fingerprint density at radius 3 is 2.25 bits per heavy atom. The fourth-order valence-electron chi connectivity index (χ4n) is 1.57. The van der Waals surface area contributed by atoms with E-state index in [2.05, 4.69) is 0 Å². The lowest BCUT2D eigenvalue weighted by molar-refractivity contribution is -0.198. The number of hydrogen-bond acceptors (Lipinski definition) is 3. The number of thioether (sulfide) groups is 1. The van der Waals surface area contributed by atoms with Gasteiger partial charge in [-0.1, -0.05) is 0 Å². The van der Waals surface area contributed by atoms with Crippen LogP contribution in [0.4, 0.5) is 13.2 Å². The van der Waals surface area contributed by atoms with Crippen LogP contribution in [0.5, 0.6) is 0 Å². The molecule has 0 aromatic carbocycles. The van der Waals surface area contributed by atoms with Crippen molar-refractivity contribution in [2.75, 3.05) is 25.1 Å². The number of carboxylic acids is 1. The van der Waals surface area contributed by atoms with Crippen LogP contribution >= 0.6 is 11.8 Å². The Labute approximate surface area is 93.8 Å². The number of carboxylic acid groups (broad SMARTS) is 1. The molecular weight excluding hydrogens is 247 g/mol. The minimum Gasteiger partial charge on any atom is -0.481 e. The summed E-state index contributed by atoms with van der Waals surface area (Å²) in [5, 5.41) is 8.88. The Morgan fingerprint density at radius 1 is 1.44 bits per heavy atom. The highest BCUT2D eigenvalue weighted by Crippen LogP contribution is 2.36. The van der Waals surface area contributed by atoms with Gasteiger partial charge in [-0.05, 0) is 6.26 Å². The van der Waals surface area contributed by atoms with E-state index in [0.717, 1.165) is 0 Å². The molecule has 1 aliphatic heterocycles. The third-order valence-electron chi connectivity index (χ3n) is 2.39. The van der Waals surface area contributed by atoms with Gasteiger partial charge in [-0.25, -0.2) is 0 Å². The fourth-order valence-corrected chi connectivity index (χ4v) is 2.43. The molecule has 1 amide bonds. The second-order valence-electron chi connectivity index (χ2n) is 3.68. The van der Waals surface area contributed by atoms with Crippen LogP contribution < -0.4 is 0 Å². The molecule has 1 saturated heterocycles. The summed E-state index contributed by atoms with van der Waals surface area (Å²) in [6.45, 7) is -0.747. The molecule has 0 aromatic rings. The third kappa shape index (κ3) is 2.26. The number of aliphatic carboxylic acids is 1. The molecule has 0 radical (unpaired) electrons. The number of hydrogen-bond donors (Lipinski definition) is 1. The number of carbonyl (C=O) groups excluding carboxylic acids is 1. The van der Waals surface area contributed by atoms with E-state index in [4.69, 9.17) is 5.11 Å². The Balaban J connectivity index is 2.65. The topological polar surface area (TPSA) is 57.6 Å². The van der Waals surface area contributed by atoms with Crippen molar-refractivity contribution >= 4 is 23.6 Å². The summed E-state index contributed by atoms with van der Waals surface area (Å²) in [4.78, 5) is 22.2. The van der Waals surface area contributed by atoms with Crippen molar-refractivity contribution in [3.8, 4) is 0 Å². The van der Waals surface area contributed by atoms with Crippen LogP contribution in [0.2, 0.25) is 0 Å². The summed E-state index contributed by atoms with van der Waals surface area (Å²) >= 11 is 1.23. The summed E-state index contributed by atoms with van der Waals surface area (Å²) in [7, 11) is 0. The van der Waals surface area contributed by atoms with Gasteiger partial charge in [-0.3, -0.25) is 9.59 Å². The largest absolute Gasteiger partial charge is 0.481 e. The molecule has 0 atom stereocenters. The van der Waals surface area contributed by atoms with Crippen molar-refractivity contribution in [3.63, 3.8) is 0 Å². The normalized spacial score (nSPS) is 19.1. The molecule has 0 aliphatic carbocycles. The summed E-state index contributed by atoms with van der Waals surface area (Å²) in [6, 6.07) is 0. The maximum atomic E-state index is 12.0. The standard InChI is InChI=1S/C8H10F3NO3S/c1-16-4-7(6(14)15)2-12(3-7)5(13)8(9,10)11/h2-4H2,1H3,(H,14,15). The van der Waals surface area contributed by atoms with E-state index in [1.165, 1.54) is 11.8 Å². The average molecular weight is 257 g/mol. The maximum absolute atomic E-state index is 12.0. The minimum atomic E-state index is -4.93. The Morgan fingerprint density at radius 2 is 1.94 bits per heavy atom. The molecule has 4 nitrogen and oxygen atoms in total. The van der Waals surface area contributed by atoms with E-state index in [9.17, 15) is 22.8 Å². The predicted octanol–water partition coefficient (Wildman–Crippen LogP) is 0.825. The van der Waals surface area contributed by atoms with Gasteiger partial charge in [0.1, 0.15) is 5.41 Å². The van der Waals surface area contributed by atoms with E-state index in [-0.39, 0.29) is 18.8 Å². The first-order chi connectivity index (χ1) is 7.23. The Bertz CT molecular complexity index is 312. The highest BCUT2D eigenvalue weighted by Gasteiger charge is 2.56. The molecule has 0 bridgehead atoms. The molecule has 1 N–H and O–H groups in total. The first-order valence-electron chi connectivity index (χ1n) is 4.31. The van der Waals surface area contributed by atoms with Crippen molar-refractivity contribution in [2.45, 2.75) is 6.18 Å². The highest BCUT2D eigenvalue weighted by molar-refractivity contribution is 7.98. The number of alkyl halides is 3. The summed E-state index contributed by atoms with van der Waals surface area (Å²) in [5.74, 6) is -2.93. The van der Waals surface area contributed by atoms with Crippen LogP contribution in [-0.4, -0.2) is 53.2 Å². The van der Waals surface area contributed by atoms with Gasteiger partial charge in [-0.2, -0.15) is 24.9 Å². The number of rotatable bonds is 3. The van der Waals surface area contributed by atoms with Gasteiger partial charge in [0, 0.05) is 18.8 Å². The number of halogens is 3. The molecule has 92 valence electrons. The van der Waals surface area contributed by atoms with Gasteiger partial charge in [0.15, 0.2) is 0 Å². The van der Waals surface area contributed by atoms with Gasteiger partial charge >= 0.3 is 18.1 Å². The monoisotopic (exact) mass is 257 g/mol. The van der Waals surface area contributed by atoms with Gasteiger partial charge in [0.25, 0.3) is 0 Å². The van der Waals surface area contributed by atoms with E-state index in [1.54, 1.807) is 6.26 Å². The fraction of sp³-hybridized carbons (Fsp3) is 0.750. The van der Waals surface area contributed by atoms with E-state index in [0.29, 0.717) is 4.90 Å². The van der Waals surface area contributed by atoms with E-state index >= 15 is 0 Å². The SMILES string of the molecule is CSCC1(C(=O)O)CN(C(=O)C(F)(F)F)C1. The van der Waals surface area contributed by atoms with Crippen LogP contribution in [0.15, 0.2) is 0 Å². The first-order valence-corrected chi connectivity index (χ1v) is 5.71. The predicted molar refractivity (Wildman–Crippen MR) is 51.1 cm³/mol. The second-order valence-corrected chi connectivity index (χ2v) is 4.54. The quantitative estimate of drug-likeness (QED) is 0.813. The lowest BCUT2D eigenvalue weighted by Gasteiger charge is -2.46. The summed E-state index contributed by atoms with van der Waals surface area (Å²) < 4.78 is 36.0. The number of likely N-dealkylation sites (tertiary alicyclic amines) is 1. The van der Waals surface area contributed by atoms with E-state index < -0.39 is 23.5 Å². The first kappa shape index (κ1) is 13.1. The highest BCUT2D eigenvalue weighted by atomic mass is 32.2. The molecular formula is C8H10F3NO3S. The van der Waals surface area contributed by atoms with Crippen molar-refractivity contribution in [2.24, 2.45) is 5.41 Å². The molecule has 0 unspecified atom stereocenters. The molecule has 16 heavy (non-hydrogen) atoms. The smallest absolute Gasteiger partial charge is 0.471 e. The summed E-state index contributed by atoms with van der Waals surface area (Å²) in [6.07, 6.45) is -3.26. The van der Waals surface area contributed by atoms with Crippen LogP contribution in [0, 0.1) is 5.41 Å². The van der Waals surface area contributed by atoms with Gasteiger partial charge < -0.3 is 10.0 Å². The molecule has 8 heteroatoms. The van der Waals surface area contributed by atoms with Crippen LogP contribution in [0.1, 0.15) is 0 Å². The number of carbonyl (C=O) groups is 2. The number of amides is 1. The lowest BCUT2D eigenvalue weighted by atomic mass is 9.81. The average Bonchev–Trinajstić information content (AvgIpc) is 2.07. The van der Waals surface area contributed by atoms with Crippen molar-refractivity contribution in [1.82, 2.24) is 4.90 Å². The second kappa shape index (κ2) is 4.15. The lowest BCUT2D eigenvalue weighted by Crippen LogP contribution is -2.65. The van der Waals surface area contributed by atoms with Crippen molar-refractivity contribution < 1.29 is 27.9 Å². The molecule has 0 saturated carbocycles. The van der Waals surface area contributed by atoms with Crippen molar-refractivity contribution in [1.29, 1.82) is 0 Å². The molecule has 0 spiro atoms. The van der Waals surface area contributed by atoms with E-state index in [1.807, 2.05) is 0 Å². The molecule has 1 fully saturated rings. The molecule has 1 aliphatic rings. The van der Waals surface area contributed by atoms with Crippen molar-refractivity contribution in [3.05, 3.63) is 0 Å². The number of nitrogens with zero attached hydrogens (tertiary/aromatic N) is 1. The van der Waals surface area contributed by atoms with Gasteiger partial charge in [0.2, 0.25) is 0 Å². The Kier molecular flexibility index (Phi) is 3.41. The van der Waals surface area contributed by atoms with Crippen LogP contribution in [0.25, 0.3) is 0 Å². The zero-order chi connectivity index (χ0) is 12.6. The van der Waals surface area contributed by atoms with Gasteiger partial charge in [0.05, 0.1) is 0 Å². The van der Waals surface area contributed by atoms with Crippen LogP contribution in [-0.2, 0) is 9.59 Å². The van der Waals surface area contributed by atoms with Gasteiger partial charge in [-0.15, -0.1) is 0 Å². The zero-order valence-corrected chi connectivity index (χ0v) is 9.19. The maximum Gasteiger partial charge on any atom is 0.471 e. The molecule has 1 heterocycles. The third-order valence-corrected chi connectivity index (χ3v) is 3.23. The molecule has 0 aromatic heterocycles. The van der Waals surface area contributed by atoms with Crippen LogP contribution in [0.3, 0.4) is 0 Å². The molecule has 1 rings (SSSR count). The summed E-state index contributed by atoms with van der Waals surface area (Å²) in [5.41, 5.74) is -1.22. The Hall–Kier alpha value is -0.920. The minimum absolute atomic E-state index is 0.198. The zero-order valence-electron chi connectivity index (χ0n) is 8.37.